The molecule has 2 rings (SSSR count). The summed E-state index contributed by atoms with van der Waals surface area (Å²) < 4.78 is 6.36. The number of nitrogens with zero attached hydrogens (tertiary/aromatic N) is 1. The lowest BCUT2D eigenvalue weighted by Gasteiger charge is -1.98. The van der Waals surface area contributed by atoms with E-state index in [1.807, 2.05) is 18.2 Å². The van der Waals surface area contributed by atoms with Crippen LogP contribution >= 0.6 is 11.3 Å². The fourth-order valence-corrected chi connectivity index (χ4v) is 2.25. The number of nitrogens with one attached hydrogen (secondary N) is 1. The van der Waals surface area contributed by atoms with E-state index in [-0.39, 0.29) is 0 Å². The van der Waals surface area contributed by atoms with Gasteiger partial charge >= 0.3 is 0 Å². The SMILES string of the molecule is COc1cccc2sc(NCCN)nc12. The lowest BCUT2D eigenvalue weighted by atomic mass is 10.3. The number of aromatic nitrogens is 1. The number of nitrogens with two attached hydrogens (primary N) is 1. The molecular weight excluding hydrogens is 210 g/mol. The number of benzene rings is 1. The molecule has 4 nitrogen and oxygen atoms in total. The Morgan fingerprint density at radius 3 is 3.13 bits per heavy atom. The topological polar surface area (TPSA) is 60.2 Å². The molecule has 15 heavy (non-hydrogen) atoms. The van der Waals surface area contributed by atoms with E-state index in [1.54, 1.807) is 18.4 Å². The number of hydrogen-bond acceptors (Lipinski definition) is 5. The first-order valence-corrected chi connectivity index (χ1v) is 5.54. The summed E-state index contributed by atoms with van der Waals surface area (Å²) in [6.45, 7) is 1.34. The molecule has 2 aromatic rings. The number of thiazole rings is 1. The molecule has 80 valence electrons. The molecule has 0 unspecified atom stereocenters. The van der Waals surface area contributed by atoms with E-state index in [0.717, 1.165) is 27.6 Å². The normalized spacial score (nSPS) is 10.5. The van der Waals surface area contributed by atoms with Crippen LogP contribution in [0.3, 0.4) is 0 Å². The fraction of sp³-hybridized carbons (Fsp3) is 0.300. The van der Waals surface area contributed by atoms with E-state index in [2.05, 4.69) is 10.3 Å². The van der Waals surface area contributed by atoms with Gasteiger partial charge in [-0.2, -0.15) is 0 Å². The minimum absolute atomic E-state index is 0.604. The second-order valence-corrected chi connectivity index (χ2v) is 4.07. The van der Waals surface area contributed by atoms with Gasteiger partial charge in [0, 0.05) is 13.1 Å². The Balaban J connectivity index is 2.37. The van der Waals surface area contributed by atoms with E-state index in [4.69, 9.17) is 10.5 Å². The van der Waals surface area contributed by atoms with E-state index in [9.17, 15) is 0 Å². The van der Waals surface area contributed by atoms with E-state index in [0.29, 0.717) is 6.54 Å². The highest BCUT2D eigenvalue weighted by Gasteiger charge is 2.07. The zero-order valence-corrected chi connectivity index (χ0v) is 9.30. The third kappa shape index (κ3) is 2.03. The van der Waals surface area contributed by atoms with Crippen LogP contribution in [-0.2, 0) is 0 Å². The number of methoxy groups -OCH3 is 1. The largest absolute Gasteiger partial charge is 0.494 e. The summed E-state index contributed by atoms with van der Waals surface area (Å²) in [6, 6.07) is 5.91. The Bertz CT molecular complexity index is 455. The van der Waals surface area contributed by atoms with Crippen LogP contribution in [-0.4, -0.2) is 25.2 Å². The van der Waals surface area contributed by atoms with Crippen molar-refractivity contribution in [1.82, 2.24) is 4.98 Å². The van der Waals surface area contributed by atoms with E-state index in [1.165, 1.54) is 0 Å². The molecule has 0 bridgehead atoms. The van der Waals surface area contributed by atoms with Gasteiger partial charge in [-0.15, -0.1) is 0 Å². The van der Waals surface area contributed by atoms with Crippen molar-refractivity contribution in [3.05, 3.63) is 18.2 Å². The number of para-hydroxylation sites is 1. The average Bonchev–Trinajstić information content (AvgIpc) is 2.68. The molecule has 5 heteroatoms. The molecule has 0 fully saturated rings. The van der Waals surface area contributed by atoms with Crippen molar-refractivity contribution in [2.45, 2.75) is 0 Å². The highest BCUT2D eigenvalue weighted by Crippen LogP contribution is 2.31. The van der Waals surface area contributed by atoms with Crippen LogP contribution in [0, 0.1) is 0 Å². The highest BCUT2D eigenvalue weighted by atomic mass is 32.1. The number of fused-ring (bicyclic) bond motifs is 1. The molecule has 0 aliphatic carbocycles. The summed E-state index contributed by atoms with van der Waals surface area (Å²) in [5.41, 5.74) is 6.32. The zero-order valence-electron chi connectivity index (χ0n) is 8.49. The Morgan fingerprint density at radius 2 is 2.40 bits per heavy atom. The molecule has 0 saturated carbocycles. The van der Waals surface area contributed by atoms with Gasteiger partial charge in [-0.1, -0.05) is 17.4 Å². The number of hydrogen-bond donors (Lipinski definition) is 2. The van der Waals surface area contributed by atoms with Crippen LogP contribution in [0.1, 0.15) is 0 Å². The molecule has 0 radical (unpaired) electrons. The summed E-state index contributed by atoms with van der Waals surface area (Å²) in [5.74, 6) is 0.810. The van der Waals surface area contributed by atoms with Gasteiger partial charge in [-0.25, -0.2) is 4.98 Å². The molecule has 0 spiro atoms. The summed E-state index contributed by atoms with van der Waals surface area (Å²) in [7, 11) is 1.65. The maximum atomic E-state index is 5.42. The predicted octanol–water partition coefficient (Wildman–Crippen LogP) is 1.68. The molecule has 1 aromatic heterocycles. The van der Waals surface area contributed by atoms with Crippen molar-refractivity contribution in [2.24, 2.45) is 5.73 Å². The molecule has 1 aromatic carbocycles. The van der Waals surface area contributed by atoms with Crippen LogP contribution in [0.5, 0.6) is 5.75 Å². The average molecular weight is 223 g/mol. The van der Waals surface area contributed by atoms with Gasteiger partial charge in [0.2, 0.25) is 0 Å². The Kier molecular flexibility index (Phi) is 3.03. The van der Waals surface area contributed by atoms with Crippen molar-refractivity contribution < 1.29 is 4.74 Å². The van der Waals surface area contributed by atoms with Crippen LogP contribution in [0.4, 0.5) is 5.13 Å². The van der Waals surface area contributed by atoms with Crippen molar-refractivity contribution >= 4 is 26.7 Å². The van der Waals surface area contributed by atoms with Gasteiger partial charge in [0.25, 0.3) is 0 Å². The second kappa shape index (κ2) is 4.46. The summed E-state index contributed by atoms with van der Waals surface area (Å²) in [5, 5.41) is 4.05. The number of anilines is 1. The molecule has 0 amide bonds. The lowest BCUT2D eigenvalue weighted by molar-refractivity contribution is 0.419. The first kappa shape index (κ1) is 10.2. The second-order valence-electron chi connectivity index (χ2n) is 3.04. The van der Waals surface area contributed by atoms with E-state index >= 15 is 0 Å². The van der Waals surface area contributed by atoms with Gasteiger partial charge in [-0.3, -0.25) is 0 Å². The van der Waals surface area contributed by atoms with E-state index < -0.39 is 0 Å². The Morgan fingerprint density at radius 1 is 1.53 bits per heavy atom. The van der Waals surface area contributed by atoms with Gasteiger partial charge < -0.3 is 15.8 Å². The quantitative estimate of drug-likeness (QED) is 0.827. The van der Waals surface area contributed by atoms with Crippen LogP contribution in [0.25, 0.3) is 10.2 Å². The maximum absolute atomic E-state index is 5.42. The Hall–Kier alpha value is -1.33. The Labute approximate surface area is 92.1 Å². The first-order chi connectivity index (χ1) is 7.35. The first-order valence-electron chi connectivity index (χ1n) is 4.72. The molecule has 0 aliphatic heterocycles. The predicted molar refractivity (Wildman–Crippen MR) is 63.7 cm³/mol. The van der Waals surface area contributed by atoms with Crippen LogP contribution < -0.4 is 15.8 Å². The summed E-state index contributed by atoms with van der Waals surface area (Å²) in [6.07, 6.45) is 0. The molecular formula is C10H13N3OS. The standard InChI is InChI=1S/C10H13N3OS/c1-14-7-3-2-4-8-9(7)13-10(15-8)12-6-5-11/h2-4H,5-6,11H2,1H3,(H,12,13). The van der Waals surface area contributed by atoms with Crippen LogP contribution in [0.2, 0.25) is 0 Å². The van der Waals surface area contributed by atoms with Gasteiger partial charge in [0.1, 0.15) is 11.3 Å². The van der Waals surface area contributed by atoms with Gasteiger partial charge in [-0.05, 0) is 12.1 Å². The molecule has 1 heterocycles. The van der Waals surface area contributed by atoms with Crippen molar-refractivity contribution in [2.75, 3.05) is 25.5 Å². The molecule has 0 atom stereocenters. The maximum Gasteiger partial charge on any atom is 0.183 e. The third-order valence-corrected chi connectivity index (χ3v) is 3.00. The van der Waals surface area contributed by atoms with Crippen molar-refractivity contribution in [3.63, 3.8) is 0 Å². The number of ether oxygens (including phenoxy) is 1. The summed E-state index contributed by atoms with van der Waals surface area (Å²) in [4.78, 5) is 4.45. The zero-order chi connectivity index (χ0) is 10.7. The molecule has 0 saturated heterocycles. The van der Waals surface area contributed by atoms with Crippen LogP contribution in [0.15, 0.2) is 18.2 Å². The monoisotopic (exact) mass is 223 g/mol. The molecule has 3 N–H and O–H groups in total. The van der Waals surface area contributed by atoms with Gasteiger partial charge in [0.05, 0.1) is 11.8 Å². The van der Waals surface area contributed by atoms with Crippen molar-refractivity contribution in [1.29, 1.82) is 0 Å². The van der Waals surface area contributed by atoms with Gasteiger partial charge in [0.15, 0.2) is 5.13 Å². The molecule has 0 aliphatic rings. The minimum atomic E-state index is 0.604. The van der Waals surface area contributed by atoms with Crippen molar-refractivity contribution in [3.8, 4) is 5.75 Å². The summed E-state index contributed by atoms with van der Waals surface area (Å²) >= 11 is 1.61. The smallest absolute Gasteiger partial charge is 0.183 e. The third-order valence-electron chi connectivity index (χ3n) is 2.02. The highest BCUT2D eigenvalue weighted by molar-refractivity contribution is 7.22. The number of rotatable bonds is 4. The minimum Gasteiger partial charge on any atom is -0.494 e. The fourth-order valence-electron chi connectivity index (χ4n) is 1.34. The lowest BCUT2D eigenvalue weighted by Crippen LogP contribution is -2.12.